The molecule has 37 heavy (non-hydrogen) atoms. The number of ketones is 2. The number of rotatable bonds is 4. The molecule has 1 fully saturated rings. The third kappa shape index (κ3) is 3.47. The Bertz CT molecular complexity index is 1380. The van der Waals surface area contributed by atoms with E-state index in [-0.39, 0.29) is 42.7 Å². The molecular weight excluding hydrogens is 480 g/mol. The van der Waals surface area contributed by atoms with Crippen molar-refractivity contribution in [1.29, 1.82) is 0 Å². The van der Waals surface area contributed by atoms with Gasteiger partial charge in [-0.05, 0) is 60.1 Å². The summed E-state index contributed by atoms with van der Waals surface area (Å²) in [4.78, 5) is 38.6. The third-order valence-corrected chi connectivity index (χ3v) is 8.08. The van der Waals surface area contributed by atoms with Crippen LogP contribution in [-0.2, 0) is 22.6 Å². The summed E-state index contributed by atoms with van der Waals surface area (Å²) in [5.41, 5.74) is 11.2. The van der Waals surface area contributed by atoms with Crippen LogP contribution in [0.25, 0.3) is 11.1 Å². The normalized spacial score (nSPS) is 28.9. The van der Waals surface area contributed by atoms with Crippen LogP contribution < -0.4 is 16.2 Å². The van der Waals surface area contributed by atoms with Crippen molar-refractivity contribution < 1.29 is 39.5 Å². The molecular formula is C27H28N2O8. The van der Waals surface area contributed by atoms with Crippen molar-refractivity contribution in [1.82, 2.24) is 0 Å². The molecule has 5 rings (SSSR count). The third-order valence-electron chi connectivity index (χ3n) is 8.08. The summed E-state index contributed by atoms with van der Waals surface area (Å²) in [6.07, 6.45) is -1.24. The van der Waals surface area contributed by atoms with Crippen LogP contribution in [0, 0.1) is 17.8 Å². The van der Waals surface area contributed by atoms with Gasteiger partial charge >= 0.3 is 0 Å². The minimum atomic E-state index is -2.53. The van der Waals surface area contributed by atoms with E-state index < -0.39 is 52.7 Å². The zero-order valence-electron chi connectivity index (χ0n) is 20.1. The molecule has 0 saturated heterocycles. The van der Waals surface area contributed by atoms with Gasteiger partial charge in [0.2, 0.25) is 5.91 Å². The molecule has 3 aliphatic rings. The predicted octanol–water partition coefficient (Wildman–Crippen LogP) is 0.880. The number of primary amides is 1. The molecule has 0 spiro atoms. The Labute approximate surface area is 212 Å². The Balaban J connectivity index is 1.66. The Kier molecular flexibility index (Phi) is 5.86. The van der Waals surface area contributed by atoms with Crippen LogP contribution in [-0.4, -0.2) is 56.7 Å². The number of benzene rings is 2. The van der Waals surface area contributed by atoms with Crippen LogP contribution in [0.5, 0.6) is 11.5 Å². The van der Waals surface area contributed by atoms with Gasteiger partial charge in [0.25, 0.3) is 0 Å². The number of amides is 1. The van der Waals surface area contributed by atoms with E-state index in [1.807, 2.05) is 12.1 Å². The number of hydrogen-bond donors (Lipinski definition) is 6. The summed E-state index contributed by atoms with van der Waals surface area (Å²) in [7, 11) is 1.54. The number of aliphatic hydroxyl groups is 3. The van der Waals surface area contributed by atoms with E-state index in [0.29, 0.717) is 16.9 Å². The fourth-order valence-corrected chi connectivity index (χ4v) is 6.30. The lowest BCUT2D eigenvalue weighted by Crippen LogP contribution is -2.63. The van der Waals surface area contributed by atoms with Crippen molar-refractivity contribution in [3.63, 3.8) is 0 Å². The molecule has 2 aromatic rings. The molecule has 3 aliphatic carbocycles. The zero-order valence-corrected chi connectivity index (χ0v) is 20.1. The molecule has 2 unspecified atom stereocenters. The summed E-state index contributed by atoms with van der Waals surface area (Å²) in [5.74, 6) is -6.72. The van der Waals surface area contributed by atoms with E-state index in [0.717, 1.165) is 11.1 Å². The molecule has 5 atom stereocenters. The number of carbonyl (C=O) groups is 3. The number of Topliss-reactive ketones (excluding diaryl/α,β-unsaturated/α-hetero) is 2. The minimum Gasteiger partial charge on any atom is -0.508 e. The highest BCUT2D eigenvalue weighted by atomic mass is 16.5. The van der Waals surface area contributed by atoms with Gasteiger partial charge in [0.1, 0.15) is 23.2 Å². The summed E-state index contributed by atoms with van der Waals surface area (Å²) in [6.45, 7) is 0.225. The smallest absolute Gasteiger partial charge is 0.230 e. The van der Waals surface area contributed by atoms with Gasteiger partial charge in [-0.2, -0.15) is 0 Å². The second-order valence-corrected chi connectivity index (χ2v) is 9.96. The number of phenolic OH excluding ortho intramolecular Hbond substituents is 1. The van der Waals surface area contributed by atoms with Gasteiger partial charge in [-0.3, -0.25) is 14.4 Å². The van der Waals surface area contributed by atoms with Crippen molar-refractivity contribution in [2.45, 2.75) is 37.5 Å². The molecule has 0 bridgehead atoms. The maximum Gasteiger partial charge on any atom is 0.230 e. The average Bonchev–Trinajstić information content (AvgIpc) is 2.85. The standard InChI is InChI=1S/C27H28N2O8/c1-37-19-5-2-11(6-13(19)10-28)15-3-4-17(30)21-16(15)8-12-7-14-9-18(31)22(26(29)35)25(34)27(14,36)24(33)20(12)23(21)32/h2-6,12,14,18,22,30-31,33,36H,7-10,28H2,1H3,(H2,29,35)/t12-,14+,18?,22?,27+/m1/s1. The molecule has 2 aromatic carbocycles. The number of ether oxygens (including phenoxy) is 1. The van der Waals surface area contributed by atoms with Crippen LogP contribution in [0.2, 0.25) is 0 Å². The van der Waals surface area contributed by atoms with E-state index >= 15 is 0 Å². The topological polar surface area (TPSA) is 193 Å². The second-order valence-electron chi connectivity index (χ2n) is 9.96. The molecule has 194 valence electrons. The maximum absolute atomic E-state index is 13.7. The first-order chi connectivity index (χ1) is 17.5. The summed E-state index contributed by atoms with van der Waals surface area (Å²) in [6, 6.07) is 8.50. The molecule has 0 heterocycles. The molecule has 10 heteroatoms. The van der Waals surface area contributed by atoms with E-state index in [9.17, 15) is 34.8 Å². The Hall–Kier alpha value is -3.73. The number of methoxy groups -OCH3 is 1. The van der Waals surface area contributed by atoms with Gasteiger partial charge in [0.15, 0.2) is 17.2 Å². The van der Waals surface area contributed by atoms with Gasteiger partial charge in [-0.25, -0.2) is 0 Å². The molecule has 8 N–H and O–H groups in total. The van der Waals surface area contributed by atoms with Crippen LogP contribution in [0.1, 0.15) is 34.3 Å². The highest BCUT2D eigenvalue weighted by Crippen LogP contribution is 2.52. The number of aliphatic hydroxyl groups excluding tert-OH is 2. The Morgan fingerprint density at radius 1 is 1.16 bits per heavy atom. The number of allylic oxidation sites excluding steroid dienone is 1. The van der Waals surface area contributed by atoms with Crippen LogP contribution in [0.3, 0.4) is 0 Å². The lowest BCUT2D eigenvalue weighted by Gasteiger charge is -2.48. The van der Waals surface area contributed by atoms with Crippen LogP contribution in [0.15, 0.2) is 41.7 Å². The fourth-order valence-electron chi connectivity index (χ4n) is 6.30. The largest absolute Gasteiger partial charge is 0.508 e. The number of hydrogen-bond acceptors (Lipinski definition) is 9. The lowest BCUT2D eigenvalue weighted by atomic mass is 9.57. The first-order valence-corrected chi connectivity index (χ1v) is 12.0. The average molecular weight is 509 g/mol. The summed E-state index contributed by atoms with van der Waals surface area (Å²) < 4.78 is 5.35. The van der Waals surface area contributed by atoms with Gasteiger partial charge < -0.3 is 36.6 Å². The van der Waals surface area contributed by atoms with Crippen molar-refractivity contribution in [3.05, 3.63) is 58.4 Å². The zero-order chi connectivity index (χ0) is 26.8. The molecule has 1 amide bonds. The molecule has 1 saturated carbocycles. The van der Waals surface area contributed by atoms with Gasteiger partial charge in [-0.15, -0.1) is 0 Å². The van der Waals surface area contributed by atoms with E-state index in [4.69, 9.17) is 16.2 Å². The van der Waals surface area contributed by atoms with E-state index in [1.54, 1.807) is 19.2 Å². The monoisotopic (exact) mass is 508 g/mol. The first kappa shape index (κ1) is 24.9. The number of fused-ring (bicyclic) bond motifs is 3. The quantitative estimate of drug-likeness (QED) is 0.325. The molecule has 10 nitrogen and oxygen atoms in total. The first-order valence-electron chi connectivity index (χ1n) is 12.0. The lowest BCUT2D eigenvalue weighted by molar-refractivity contribution is -0.167. The fraction of sp³-hybridized carbons (Fsp3) is 0.370. The molecule has 0 radical (unpaired) electrons. The SMILES string of the molecule is COc1ccc(-c2ccc(O)c3c2C[C@H]2C[C@H]4CC(O)C(C(N)=O)C(=O)[C@@]4(O)C(O)=C2C3=O)cc1CN. The predicted molar refractivity (Wildman–Crippen MR) is 131 cm³/mol. The highest BCUT2D eigenvalue weighted by Gasteiger charge is 2.62. The van der Waals surface area contributed by atoms with Crippen LogP contribution >= 0.6 is 0 Å². The maximum atomic E-state index is 13.7. The minimum absolute atomic E-state index is 0.0304. The van der Waals surface area contributed by atoms with Gasteiger partial charge in [0, 0.05) is 23.6 Å². The van der Waals surface area contributed by atoms with Crippen LogP contribution in [0.4, 0.5) is 0 Å². The Morgan fingerprint density at radius 3 is 2.54 bits per heavy atom. The van der Waals surface area contributed by atoms with Crippen molar-refractivity contribution >= 4 is 17.5 Å². The Morgan fingerprint density at radius 2 is 1.89 bits per heavy atom. The number of carbonyl (C=O) groups excluding carboxylic acids is 3. The van der Waals surface area contributed by atoms with Gasteiger partial charge in [0.05, 0.1) is 18.8 Å². The van der Waals surface area contributed by atoms with E-state index in [1.165, 1.54) is 6.07 Å². The van der Waals surface area contributed by atoms with Crippen molar-refractivity contribution in [3.8, 4) is 22.6 Å². The highest BCUT2D eigenvalue weighted by molar-refractivity contribution is 6.16. The van der Waals surface area contributed by atoms with Crippen molar-refractivity contribution in [2.24, 2.45) is 29.2 Å². The molecule has 0 aromatic heterocycles. The summed E-state index contributed by atoms with van der Waals surface area (Å²) >= 11 is 0. The summed E-state index contributed by atoms with van der Waals surface area (Å²) in [5, 5.41) is 43.6. The number of nitrogens with two attached hydrogens (primary N) is 2. The molecule has 0 aliphatic heterocycles. The second kappa shape index (κ2) is 8.69. The van der Waals surface area contributed by atoms with Gasteiger partial charge in [-0.1, -0.05) is 12.1 Å². The number of aromatic hydroxyl groups is 1. The van der Waals surface area contributed by atoms with E-state index in [2.05, 4.69) is 0 Å². The number of phenols is 1. The van der Waals surface area contributed by atoms with Crippen molar-refractivity contribution in [2.75, 3.05) is 7.11 Å².